The summed E-state index contributed by atoms with van der Waals surface area (Å²) < 4.78 is 0. The van der Waals surface area contributed by atoms with E-state index in [1.807, 2.05) is 18.2 Å². The molecule has 0 saturated carbocycles. The minimum atomic E-state index is -0.241. The average molecular weight is 124 g/mol. The second kappa shape index (κ2) is 2.83. The smallest absolute Gasteiger partial charge is 0.0729 e. The van der Waals surface area contributed by atoms with E-state index >= 15 is 0 Å². The maximum Gasteiger partial charge on any atom is 0.0729 e. The van der Waals surface area contributed by atoms with Gasteiger partial charge in [-0.15, -0.1) is 0 Å². The van der Waals surface area contributed by atoms with Crippen LogP contribution in [0.3, 0.4) is 0 Å². The quantitative estimate of drug-likeness (QED) is 0.519. The fraction of sp³-hybridized carbons (Fsp3) is 0.500. The van der Waals surface area contributed by atoms with Crippen molar-refractivity contribution in [3.8, 4) is 0 Å². The molecular formula is C8H12O. The molecule has 0 amide bonds. The van der Waals surface area contributed by atoms with E-state index in [9.17, 15) is 0 Å². The first kappa shape index (κ1) is 6.56. The second-order valence-corrected chi connectivity index (χ2v) is 2.55. The summed E-state index contributed by atoms with van der Waals surface area (Å²) in [4.78, 5) is 0. The molecule has 9 heavy (non-hydrogen) atoms. The first-order valence-corrected chi connectivity index (χ1v) is 3.32. The molecule has 1 nitrogen and oxygen atoms in total. The highest BCUT2D eigenvalue weighted by Gasteiger charge is 2.05. The van der Waals surface area contributed by atoms with E-state index in [4.69, 9.17) is 5.11 Å². The first-order chi connectivity index (χ1) is 4.29. The largest absolute Gasteiger partial charge is 0.389 e. The van der Waals surface area contributed by atoms with E-state index in [0.717, 1.165) is 6.42 Å². The summed E-state index contributed by atoms with van der Waals surface area (Å²) in [5.74, 6) is 0.509. The van der Waals surface area contributed by atoms with E-state index < -0.39 is 0 Å². The molecule has 0 saturated heterocycles. The van der Waals surface area contributed by atoms with Crippen LogP contribution in [0.15, 0.2) is 24.3 Å². The van der Waals surface area contributed by atoms with Crippen molar-refractivity contribution in [2.24, 2.45) is 5.92 Å². The van der Waals surface area contributed by atoms with Crippen molar-refractivity contribution in [1.29, 1.82) is 0 Å². The van der Waals surface area contributed by atoms with Crippen molar-refractivity contribution in [2.75, 3.05) is 0 Å². The Morgan fingerprint density at radius 3 is 2.78 bits per heavy atom. The number of rotatable bonds is 0. The van der Waals surface area contributed by atoms with E-state index in [-0.39, 0.29) is 6.10 Å². The summed E-state index contributed by atoms with van der Waals surface area (Å²) >= 11 is 0. The predicted molar refractivity (Wildman–Crippen MR) is 38.1 cm³/mol. The van der Waals surface area contributed by atoms with Crippen LogP contribution in [0, 0.1) is 5.92 Å². The fourth-order valence-corrected chi connectivity index (χ4v) is 0.984. The number of allylic oxidation sites excluding steroid dienone is 3. The number of hydrogen-bond acceptors (Lipinski definition) is 1. The van der Waals surface area contributed by atoms with Crippen molar-refractivity contribution < 1.29 is 5.11 Å². The zero-order valence-electron chi connectivity index (χ0n) is 5.62. The van der Waals surface area contributed by atoms with Gasteiger partial charge >= 0.3 is 0 Å². The van der Waals surface area contributed by atoms with E-state index in [1.54, 1.807) is 0 Å². The van der Waals surface area contributed by atoms with Gasteiger partial charge in [-0.25, -0.2) is 0 Å². The molecule has 1 heteroatoms. The average Bonchev–Trinajstić information content (AvgIpc) is 1.93. The molecule has 0 spiro atoms. The number of aliphatic hydroxyl groups is 1. The van der Waals surface area contributed by atoms with Gasteiger partial charge in [0.05, 0.1) is 6.10 Å². The standard InChI is InChI=1S/C8H12O/c1-7-4-2-3-5-8(9)6-7/h2-5,7-9H,6H2,1H3/t7-,8+/m0/s1. The molecule has 0 bridgehead atoms. The maximum absolute atomic E-state index is 9.13. The van der Waals surface area contributed by atoms with Crippen LogP contribution in [0.4, 0.5) is 0 Å². The zero-order chi connectivity index (χ0) is 6.69. The van der Waals surface area contributed by atoms with E-state index in [0.29, 0.717) is 5.92 Å². The third kappa shape index (κ3) is 2.02. The fourth-order valence-electron chi connectivity index (χ4n) is 0.984. The molecule has 1 N–H and O–H groups in total. The molecule has 0 heterocycles. The highest BCUT2D eigenvalue weighted by atomic mass is 16.3. The molecule has 50 valence electrons. The van der Waals surface area contributed by atoms with Crippen LogP contribution in [-0.4, -0.2) is 11.2 Å². The molecule has 0 unspecified atom stereocenters. The molecular weight excluding hydrogens is 112 g/mol. The molecule has 0 aromatic rings. The molecule has 0 aromatic carbocycles. The van der Waals surface area contributed by atoms with Crippen LogP contribution in [0.2, 0.25) is 0 Å². The van der Waals surface area contributed by atoms with Crippen LogP contribution in [-0.2, 0) is 0 Å². The van der Waals surface area contributed by atoms with Crippen LogP contribution < -0.4 is 0 Å². The maximum atomic E-state index is 9.13. The minimum absolute atomic E-state index is 0.241. The van der Waals surface area contributed by atoms with Gasteiger partial charge in [0.1, 0.15) is 0 Å². The monoisotopic (exact) mass is 124 g/mol. The van der Waals surface area contributed by atoms with Gasteiger partial charge in [-0.2, -0.15) is 0 Å². The molecule has 0 fully saturated rings. The lowest BCUT2D eigenvalue weighted by molar-refractivity contribution is 0.201. The summed E-state index contributed by atoms with van der Waals surface area (Å²) in [5.41, 5.74) is 0. The molecule has 1 aliphatic carbocycles. The number of hydrogen-bond donors (Lipinski definition) is 1. The minimum Gasteiger partial charge on any atom is -0.389 e. The Labute approximate surface area is 55.7 Å². The topological polar surface area (TPSA) is 20.2 Å². The van der Waals surface area contributed by atoms with Crippen LogP contribution >= 0.6 is 0 Å². The Kier molecular flexibility index (Phi) is 2.06. The van der Waals surface area contributed by atoms with Crippen LogP contribution in [0.5, 0.6) is 0 Å². The van der Waals surface area contributed by atoms with Gasteiger partial charge in [-0.05, 0) is 12.3 Å². The summed E-state index contributed by atoms with van der Waals surface area (Å²) in [6.07, 6.45) is 8.42. The Balaban J connectivity index is 2.54. The predicted octanol–water partition coefficient (Wildman–Crippen LogP) is 1.50. The highest BCUT2D eigenvalue weighted by Crippen LogP contribution is 2.11. The number of aliphatic hydroxyl groups excluding tert-OH is 1. The van der Waals surface area contributed by atoms with E-state index in [2.05, 4.69) is 13.0 Å². The van der Waals surface area contributed by atoms with Crippen LogP contribution in [0.25, 0.3) is 0 Å². The molecule has 2 atom stereocenters. The Hall–Kier alpha value is -0.560. The third-order valence-corrected chi connectivity index (χ3v) is 1.50. The zero-order valence-corrected chi connectivity index (χ0v) is 5.62. The van der Waals surface area contributed by atoms with Crippen molar-refractivity contribution in [3.63, 3.8) is 0 Å². The summed E-state index contributed by atoms with van der Waals surface area (Å²) in [5, 5.41) is 9.13. The Morgan fingerprint density at radius 1 is 1.33 bits per heavy atom. The molecule has 0 radical (unpaired) electrons. The van der Waals surface area contributed by atoms with E-state index in [1.165, 1.54) is 0 Å². The molecule has 0 aromatic heterocycles. The van der Waals surface area contributed by atoms with Gasteiger partial charge in [0.2, 0.25) is 0 Å². The SMILES string of the molecule is C[C@H]1C=CC=C[C@@H](O)C1. The normalized spacial score (nSPS) is 34.4. The second-order valence-electron chi connectivity index (χ2n) is 2.55. The van der Waals surface area contributed by atoms with Gasteiger partial charge < -0.3 is 5.11 Å². The summed E-state index contributed by atoms with van der Waals surface area (Å²) in [7, 11) is 0. The van der Waals surface area contributed by atoms with Crippen molar-refractivity contribution in [3.05, 3.63) is 24.3 Å². The summed E-state index contributed by atoms with van der Waals surface area (Å²) in [6.45, 7) is 2.10. The lowest BCUT2D eigenvalue weighted by atomic mass is 10.1. The van der Waals surface area contributed by atoms with Crippen molar-refractivity contribution >= 4 is 0 Å². The Bertz CT molecular complexity index is 120. The molecule has 1 rings (SSSR count). The lowest BCUT2D eigenvalue weighted by Crippen LogP contribution is -2.05. The lowest BCUT2D eigenvalue weighted by Gasteiger charge is -2.05. The highest BCUT2D eigenvalue weighted by molar-refractivity contribution is 5.09. The third-order valence-electron chi connectivity index (χ3n) is 1.50. The van der Waals surface area contributed by atoms with Gasteiger partial charge in [-0.3, -0.25) is 0 Å². The van der Waals surface area contributed by atoms with Crippen molar-refractivity contribution in [2.45, 2.75) is 19.4 Å². The van der Waals surface area contributed by atoms with Gasteiger partial charge in [-0.1, -0.05) is 31.2 Å². The summed E-state index contributed by atoms with van der Waals surface area (Å²) in [6, 6.07) is 0. The van der Waals surface area contributed by atoms with Gasteiger partial charge in [0, 0.05) is 0 Å². The Morgan fingerprint density at radius 2 is 2.00 bits per heavy atom. The first-order valence-electron chi connectivity index (χ1n) is 3.32. The van der Waals surface area contributed by atoms with Gasteiger partial charge in [0.15, 0.2) is 0 Å². The van der Waals surface area contributed by atoms with Crippen molar-refractivity contribution in [1.82, 2.24) is 0 Å². The van der Waals surface area contributed by atoms with Gasteiger partial charge in [0.25, 0.3) is 0 Å². The van der Waals surface area contributed by atoms with Crippen LogP contribution in [0.1, 0.15) is 13.3 Å². The molecule has 1 aliphatic rings. The molecule has 0 aliphatic heterocycles.